The first-order chi connectivity index (χ1) is 12.3. The second kappa shape index (κ2) is 7.11. The van der Waals surface area contributed by atoms with Crippen LogP contribution >= 0.6 is 11.6 Å². The van der Waals surface area contributed by atoms with Crippen LogP contribution in [0, 0.1) is 6.92 Å². The molecule has 2 aromatic rings. The number of carbonyl (C=O) groups excluding carboxylic acids is 1. The van der Waals surface area contributed by atoms with Gasteiger partial charge in [0.2, 0.25) is 0 Å². The molecule has 26 heavy (non-hydrogen) atoms. The van der Waals surface area contributed by atoms with Crippen molar-refractivity contribution in [2.75, 3.05) is 31.1 Å². The molecular weight excluding hydrogens is 369 g/mol. The minimum atomic E-state index is -4.52. The Morgan fingerprint density at radius 1 is 1.12 bits per heavy atom. The van der Waals surface area contributed by atoms with Crippen molar-refractivity contribution in [3.05, 3.63) is 52.4 Å². The average molecular weight is 385 g/mol. The van der Waals surface area contributed by atoms with E-state index >= 15 is 0 Å². The Kier molecular flexibility index (Phi) is 5.04. The molecule has 9 heteroatoms. The van der Waals surface area contributed by atoms with Gasteiger partial charge >= 0.3 is 6.18 Å². The summed E-state index contributed by atoms with van der Waals surface area (Å²) in [4.78, 5) is 23.5. The molecule has 1 aliphatic rings. The summed E-state index contributed by atoms with van der Waals surface area (Å²) in [6, 6.07) is 7.72. The van der Waals surface area contributed by atoms with Gasteiger partial charge in [0.25, 0.3) is 5.91 Å². The van der Waals surface area contributed by atoms with E-state index < -0.39 is 11.9 Å². The van der Waals surface area contributed by atoms with Gasteiger partial charge in [-0.1, -0.05) is 23.7 Å². The lowest BCUT2D eigenvalue weighted by Gasteiger charge is -2.35. The van der Waals surface area contributed by atoms with Gasteiger partial charge in [0.1, 0.15) is 17.3 Å². The third-order valence-electron chi connectivity index (χ3n) is 4.11. The van der Waals surface area contributed by atoms with Gasteiger partial charge in [-0.2, -0.15) is 13.2 Å². The minimum absolute atomic E-state index is 0.0596. The van der Waals surface area contributed by atoms with Gasteiger partial charge in [0.05, 0.1) is 10.6 Å². The van der Waals surface area contributed by atoms with Crippen molar-refractivity contribution in [3.8, 4) is 0 Å². The SMILES string of the molecule is Cc1nc(N2CCN(C(=O)c3ccccc3Cl)CC2)cc(C(F)(F)F)n1. The summed E-state index contributed by atoms with van der Waals surface area (Å²) in [7, 11) is 0. The van der Waals surface area contributed by atoms with E-state index in [-0.39, 0.29) is 17.5 Å². The van der Waals surface area contributed by atoms with E-state index in [1.807, 2.05) is 0 Å². The molecule has 1 fully saturated rings. The van der Waals surface area contributed by atoms with Crippen LogP contribution in [0.2, 0.25) is 5.02 Å². The zero-order chi connectivity index (χ0) is 18.9. The third kappa shape index (κ3) is 3.90. The number of alkyl halides is 3. The molecule has 2 heterocycles. The van der Waals surface area contributed by atoms with Gasteiger partial charge < -0.3 is 9.80 Å². The molecule has 138 valence electrons. The van der Waals surface area contributed by atoms with Crippen molar-refractivity contribution in [3.63, 3.8) is 0 Å². The lowest BCUT2D eigenvalue weighted by Crippen LogP contribution is -2.49. The Labute approximate surface area is 153 Å². The van der Waals surface area contributed by atoms with Gasteiger partial charge in [-0.3, -0.25) is 4.79 Å². The molecule has 0 radical (unpaired) electrons. The number of piperazine rings is 1. The number of nitrogens with zero attached hydrogens (tertiary/aromatic N) is 4. The second-order valence-electron chi connectivity index (χ2n) is 5.92. The predicted octanol–water partition coefficient (Wildman–Crippen LogP) is 3.42. The van der Waals surface area contributed by atoms with Crippen molar-refractivity contribution in [2.45, 2.75) is 13.1 Å². The van der Waals surface area contributed by atoms with Gasteiger partial charge in [-0.05, 0) is 19.1 Å². The van der Waals surface area contributed by atoms with Crippen LogP contribution < -0.4 is 4.90 Å². The first-order valence-electron chi connectivity index (χ1n) is 7.97. The summed E-state index contributed by atoms with van der Waals surface area (Å²) in [5, 5.41) is 0.376. The Balaban J connectivity index is 1.72. The second-order valence-corrected chi connectivity index (χ2v) is 6.32. The first-order valence-corrected chi connectivity index (χ1v) is 8.35. The van der Waals surface area contributed by atoms with E-state index in [2.05, 4.69) is 9.97 Å². The van der Waals surface area contributed by atoms with Crippen LogP contribution in [0.5, 0.6) is 0 Å². The summed E-state index contributed by atoms with van der Waals surface area (Å²) in [5.74, 6) is 0.0872. The van der Waals surface area contributed by atoms with Crippen LogP contribution in [0.1, 0.15) is 21.9 Å². The van der Waals surface area contributed by atoms with Crippen LogP contribution in [-0.2, 0) is 6.18 Å². The number of hydrogen-bond acceptors (Lipinski definition) is 4. The van der Waals surface area contributed by atoms with Gasteiger partial charge in [0.15, 0.2) is 0 Å². The summed E-state index contributed by atoms with van der Waals surface area (Å²) in [6.07, 6.45) is -4.52. The fourth-order valence-corrected chi connectivity index (χ4v) is 3.02. The lowest BCUT2D eigenvalue weighted by molar-refractivity contribution is -0.141. The molecule has 3 rings (SSSR count). The Hall–Kier alpha value is -2.35. The molecule has 1 aromatic carbocycles. The molecule has 0 saturated carbocycles. The maximum Gasteiger partial charge on any atom is 0.433 e. The van der Waals surface area contributed by atoms with E-state index in [4.69, 9.17) is 11.6 Å². The molecule has 1 amide bonds. The number of aryl methyl sites for hydroxylation is 1. The Morgan fingerprint density at radius 3 is 2.38 bits per heavy atom. The number of aromatic nitrogens is 2. The lowest BCUT2D eigenvalue weighted by atomic mass is 10.2. The maximum absolute atomic E-state index is 12.9. The molecule has 0 N–H and O–H groups in total. The summed E-state index contributed by atoms with van der Waals surface area (Å²) in [6.45, 7) is 2.92. The molecule has 5 nitrogen and oxygen atoms in total. The number of anilines is 1. The fourth-order valence-electron chi connectivity index (χ4n) is 2.80. The van der Waals surface area contributed by atoms with Crippen LogP contribution in [0.25, 0.3) is 0 Å². The highest BCUT2D eigenvalue weighted by Gasteiger charge is 2.34. The average Bonchev–Trinajstić information content (AvgIpc) is 2.60. The quantitative estimate of drug-likeness (QED) is 0.796. The molecular formula is C17H16ClF3N4O. The fraction of sp³-hybridized carbons (Fsp3) is 0.353. The molecule has 0 spiro atoms. The number of halogens is 4. The highest BCUT2D eigenvalue weighted by molar-refractivity contribution is 6.33. The normalized spacial score (nSPS) is 15.3. The zero-order valence-electron chi connectivity index (χ0n) is 13.9. The van der Waals surface area contributed by atoms with Gasteiger partial charge in [-0.15, -0.1) is 0 Å². The highest BCUT2D eigenvalue weighted by Crippen LogP contribution is 2.30. The number of benzene rings is 1. The third-order valence-corrected chi connectivity index (χ3v) is 4.44. The number of hydrogen-bond donors (Lipinski definition) is 0. The van der Waals surface area contributed by atoms with E-state index in [0.29, 0.717) is 36.8 Å². The Morgan fingerprint density at radius 2 is 1.77 bits per heavy atom. The number of rotatable bonds is 2. The van der Waals surface area contributed by atoms with E-state index in [9.17, 15) is 18.0 Å². The molecule has 0 atom stereocenters. The van der Waals surface area contributed by atoms with E-state index in [0.717, 1.165) is 6.07 Å². The highest BCUT2D eigenvalue weighted by atomic mass is 35.5. The molecule has 0 unspecified atom stereocenters. The standard InChI is InChI=1S/C17H16ClF3N4O/c1-11-22-14(17(19,20)21)10-15(23-11)24-6-8-25(9-7-24)16(26)12-4-2-3-5-13(12)18/h2-5,10H,6-9H2,1H3. The van der Waals surface area contributed by atoms with Gasteiger partial charge in [0, 0.05) is 32.2 Å². The molecule has 0 aliphatic carbocycles. The van der Waals surface area contributed by atoms with Crippen molar-refractivity contribution < 1.29 is 18.0 Å². The van der Waals surface area contributed by atoms with Crippen LogP contribution in [0.15, 0.2) is 30.3 Å². The zero-order valence-corrected chi connectivity index (χ0v) is 14.7. The maximum atomic E-state index is 12.9. The van der Waals surface area contributed by atoms with Crippen molar-refractivity contribution >= 4 is 23.3 Å². The van der Waals surface area contributed by atoms with Gasteiger partial charge in [-0.25, -0.2) is 9.97 Å². The Bertz CT molecular complexity index is 820. The molecule has 0 bridgehead atoms. The van der Waals surface area contributed by atoms with Crippen LogP contribution in [-0.4, -0.2) is 47.0 Å². The summed E-state index contributed by atoms with van der Waals surface area (Å²) in [5.41, 5.74) is -0.547. The van der Waals surface area contributed by atoms with E-state index in [1.54, 1.807) is 34.1 Å². The molecule has 1 saturated heterocycles. The largest absolute Gasteiger partial charge is 0.433 e. The minimum Gasteiger partial charge on any atom is -0.353 e. The van der Waals surface area contributed by atoms with Crippen molar-refractivity contribution in [1.29, 1.82) is 0 Å². The molecule has 1 aromatic heterocycles. The van der Waals surface area contributed by atoms with Crippen molar-refractivity contribution in [2.24, 2.45) is 0 Å². The van der Waals surface area contributed by atoms with Crippen LogP contribution in [0.4, 0.5) is 19.0 Å². The van der Waals surface area contributed by atoms with E-state index in [1.165, 1.54) is 6.92 Å². The smallest absolute Gasteiger partial charge is 0.353 e. The number of carbonyl (C=O) groups is 1. The molecule has 1 aliphatic heterocycles. The predicted molar refractivity (Wildman–Crippen MR) is 91.3 cm³/mol. The summed E-state index contributed by atoms with van der Waals surface area (Å²) >= 11 is 6.06. The topological polar surface area (TPSA) is 49.3 Å². The van der Waals surface area contributed by atoms with Crippen LogP contribution in [0.3, 0.4) is 0 Å². The number of amides is 1. The monoisotopic (exact) mass is 384 g/mol. The first kappa shape index (κ1) is 18.4. The van der Waals surface area contributed by atoms with Crippen molar-refractivity contribution in [1.82, 2.24) is 14.9 Å². The summed E-state index contributed by atoms with van der Waals surface area (Å²) < 4.78 is 38.8.